The largest absolute Gasteiger partial charge is 0.473 e. The minimum Gasteiger partial charge on any atom is -0.473 e. The average molecular weight is 356 g/mol. The first-order chi connectivity index (χ1) is 13.3. The van der Waals surface area contributed by atoms with Crippen LogP contribution >= 0.6 is 0 Å². The van der Waals surface area contributed by atoms with Gasteiger partial charge in [0.1, 0.15) is 12.1 Å². The molecule has 1 N–H and O–H groups in total. The van der Waals surface area contributed by atoms with Gasteiger partial charge in [-0.05, 0) is 23.8 Å². The summed E-state index contributed by atoms with van der Waals surface area (Å²) < 4.78 is 5.71. The molecule has 6 nitrogen and oxygen atoms in total. The number of anilines is 1. The van der Waals surface area contributed by atoms with Crippen LogP contribution in [-0.4, -0.2) is 20.9 Å². The van der Waals surface area contributed by atoms with E-state index in [1.807, 2.05) is 36.4 Å². The Morgan fingerprint density at radius 3 is 2.63 bits per heavy atom. The zero-order valence-corrected chi connectivity index (χ0v) is 14.4. The summed E-state index contributed by atoms with van der Waals surface area (Å²) in [6.07, 6.45) is 4.77. The molecule has 0 bridgehead atoms. The lowest BCUT2D eigenvalue weighted by atomic mass is 10.1. The number of nitrogens with one attached hydrogen (secondary N) is 1. The molecule has 0 aliphatic heterocycles. The van der Waals surface area contributed by atoms with E-state index in [1.54, 1.807) is 42.9 Å². The zero-order valence-electron chi connectivity index (χ0n) is 14.4. The summed E-state index contributed by atoms with van der Waals surface area (Å²) in [6, 6.07) is 18.6. The second-order valence-corrected chi connectivity index (χ2v) is 5.84. The maximum absolute atomic E-state index is 12.7. The number of ether oxygens (including phenoxy) is 1. The van der Waals surface area contributed by atoms with Crippen molar-refractivity contribution >= 4 is 22.6 Å². The predicted molar refractivity (Wildman–Crippen MR) is 103 cm³/mol. The van der Waals surface area contributed by atoms with Gasteiger partial charge in [-0.15, -0.1) is 0 Å². The Hall–Kier alpha value is -3.80. The highest BCUT2D eigenvalue weighted by Crippen LogP contribution is 2.19. The summed E-state index contributed by atoms with van der Waals surface area (Å²) >= 11 is 0. The normalized spacial score (nSPS) is 10.5. The minimum atomic E-state index is -0.263. The van der Waals surface area contributed by atoms with E-state index < -0.39 is 0 Å². The molecule has 2 heterocycles. The summed E-state index contributed by atoms with van der Waals surface area (Å²) in [4.78, 5) is 25.4. The van der Waals surface area contributed by atoms with Crippen LogP contribution in [0, 0.1) is 0 Å². The number of fused-ring (bicyclic) bond motifs is 1. The lowest BCUT2D eigenvalue weighted by molar-refractivity contribution is 0.102. The molecule has 27 heavy (non-hydrogen) atoms. The van der Waals surface area contributed by atoms with Crippen LogP contribution in [0.25, 0.3) is 11.0 Å². The fraction of sp³-hybridized carbons (Fsp3) is 0.0476. The number of carbonyl (C=O) groups excluding carboxylic acids is 1. The molecular weight excluding hydrogens is 340 g/mol. The molecule has 0 radical (unpaired) electrons. The number of nitrogens with zero attached hydrogens (tertiary/aromatic N) is 3. The van der Waals surface area contributed by atoms with Crippen molar-refractivity contribution in [2.75, 3.05) is 5.32 Å². The molecule has 0 unspecified atom stereocenters. The number of para-hydroxylation sites is 1. The second kappa shape index (κ2) is 7.61. The van der Waals surface area contributed by atoms with E-state index in [0.29, 0.717) is 34.8 Å². The number of hydrogen-bond donors (Lipinski definition) is 1. The van der Waals surface area contributed by atoms with Crippen LogP contribution in [0.1, 0.15) is 15.9 Å². The number of carbonyl (C=O) groups is 1. The van der Waals surface area contributed by atoms with Crippen LogP contribution in [0.5, 0.6) is 5.88 Å². The highest BCUT2D eigenvalue weighted by Gasteiger charge is 2.12. The van der Waals surface area contributed by atoms with Crippen LogP contribution in [-0.2, 0) is 6.61 Å². The number of amides is 1. The Kier molecular flexibility index (Phi) is 4.70. The molecule has 1 amide bonds. The van der Waals surface area contributed by atoms with Gasteiger partial charge in [0.05, 0.1) is 11.1 Å². The topological polar surface area (TPSA) is 77.0 Å². The Balaban J connectivity index is 1.50. The third-order valence-corrected chi connectivity index (χ3v) is 3.97. The molecule has 132 valence electrons. The second-order valence-electron chi connectivity index (χ2n) is 5.84. The minimum absolute atomic E-state index is 0.263. The first-order valence-electron chi connectivity index (χ1n) is 8.43. The third kappa shape index (κ3) is 3.90. The SMILES string of the molecule is O=C(Nc1ccnc(OCc2ccccc2)c1)c1cccc2nccnc12. The van der Waals surface area contributed by atoms with Crippen LogP contribution in [0.2, 0.25) is 0 Å². The van der Waals surface area contributed by atoms with E-state index in [2.05, 4.69) is 20.3 Å². The monoisotopic (exact) mass is 356 g/mol. The summed E-state index contributed by atoms with van der Waals surface area (Å²) in [5, 5.41) is 2.86. The van der Waals surface area contributed by atoms with Gasteiger partial charge in [-0.2, -0.15) is 0 Å². The summed E-state index contributed by atoms with van der Waals surface area (Å²) in [6.45, 7) is 0.407. The molecule has 0 spiro atoms. The Morgan fingerprint density at radius 2 is 1.74 bits per heavy atom. The summed E-state index contributed by atoms with van der Waals surface area (Å²) in [7, 11) is 0. The van der Waals surface area contributed by atoms with Crippen LogP contribution in [0.15, 0.2) is 79.3 Å². The molecule has 4 aromatic rings. The molecule has 0 fully saturated rings. The summed E-state index contributed by atoms with van der Waals surface area (Å²) in [5.41, 5.74) is 3.34. The smallest absolute Gasteiger partial charge is 0.257 e. The van der Waals surface area contributed by atoms with E-state index in [4.69, 9.17) is 4.74 Å². The first kappa shape index (κ1) is 16.7. The molecule has 0 atom stereocenters. The van der Waals surface area contributed by atoms with Crippen molar-refractivity contribution < 1.29 is 9.53 Å². The van der Waals surface area contributed by atoms with Crippen molar-refractivity contribution in [2.24, 2.45) is 0 Å². The van der Waals surface area contributed by atoms with Gasteiger partial charge in [0.25, 0.3) is 5.91 Å². The van der Waals surface area contributed by atoms with Gasteiger partial charge in [0, 0.05) is 30.3 Å². The Bertz CT molecular complexity index is 1080. The van der Waals surface area contributed by atoms with E-state index in [9.17, 15) is 4.79 Å². The molecule has 0 saturated heterocycles. The van der Waals surface area contributed by atoms with E-state index >= 15 is 0 Å². The number of hydrogen-bond acceptors (Lipinski definition) is 5. The van der Waals surface area contributed by atoms with Crippen LogP contribution in [0.4, 0.5) is 5.69 Å². The van der Waals surface area contributed by atoms with Crippen molar-refractivity contribution in [2.45, 2.75) is 6.61 Å². The highest BCUT2D eigenvalue weighted by molar-refractivity contribution is 6.11. The predicted octanol–water partition coefficient (Wildman–Crippen LogP) is 3.86. The van der Waals surface area contributed by atoms with Crippen LogP contribution in [0.3, 0.4) is 0 Å². The van der Waals surface area contributed by atoms with Gasteiger partial charge in [-0.25, -0.2) is 4.98 Å². The maximum atomic E-state index is 12.7. The van der Waals surface area contributed by atoms with Crippen molar-refractivity contribution in [1.29, 1.82) is 0 Å². The lowest BCUT2D eigenvalue weighted by Crippen LogP contribution is -2.13. The average Bonchev–Trinajstić information content (AvgIpc) is 2.73. The molecule has 0 aliphatic rings. The summed E-state index contributed by atoms with van der Waals surface area (Å²) in [5.74, 6) is 0.177. The van der Waals surface area contributed by atoms with Crippen molar-refractivity contribution in [3.63, 3.8) is 0 Å². The van der Waals surface area contributed by atoms with E-state index in [0.717, 1.165) is 5.56 Å². The number of benzene rings is 2. The maximum Gasteiger partial charge on any atom is 0.257 e. The number of rotatable bonds is 5. The van der Waals surface area contributed by atoms with Gasteiger partial charge < -0.3 is 10.1 Å². The molecular formula is C21H16N4O2. The Morgan fingerprint density at radius 1 is 0.889 bits per heavy atom. The highest BCUT2D eigenvalue weighted by atomic mass is 16.5. The zero-order chi connectivity index (χ0) is 18.5. The lowest BCUT2D eigenvalue weighted by Gasteiger charge is -2.09. The van der Waals surface area contributed by atoms with Gasteiger partial charge >= 0.3 is 0 Å². The molecule has 0 saturated carbocycles. The molecule has 6 heteroatoms. The van der Waals surface area contributed by atoms with Crippen LogP contribution < -0.4 is 10.1 Å². The van der Waals surface area contributed by atoms with E-state index in [1.165, 1.54) is 0 Å². The molecule has 2 aromatic carbocycles. The fourth-order valence-electron chi connectivity index (χ4n) is 2.67. The molecule has 2 aromatic heterocycles. The standard InChI is InChI=1S/C21H16N4O2/c26-21(17-7-4-8-18-20(17)24-12-11-22-18)25-16-9-10-23-19(13-16)27-14-15-5-2-1-3-6-15/h1-13H,14H2,(H,23,25,26). The fourth-order valence-corrected chi connectivity index (χ4v) is 2.67. The van der Waals surface area contributed by atoms with Gasteiger partial charge in [-0.3, -0.25) is 14.8 Å². The third-order valence-electron chi connectivity index (χ3n) is 3.97. The number of aromatic nitrogens is 3. The van der Waals surface area contributed by atoms with Gasteiger partial charge in [0.2, 0.25) is 5.88 Å². The van der Waals surface area contributed by atoms with Gasteiger partial charge in [-0.1, -0.05) is 36.4 Å². The number of pyridine rings is 1. The Labute approximate surface area is 155 Å². The molecule has 0 aliphatic carbocycles. The van der Waals surface area contributed by atoms with Crippen molar-refractivity contribution in [3.8, 4) is 5.88 Å². The van der Waals surface area contributed by atoms with Gasteiger partial charge in [0.15, 0.2) is 0 Å². The van der Waals surface area contributed by atoms with E-state index in [-0.39, 0.29) is 5.91 Å². The van der Waals surface area contributed by atoms with Crippen molar-refractivity contribution in [3.05, 3.63) is 90.4 Å². The quantitative estimate of drug-likeness (QED) is 0.588. The first-order valence-corrected chi connectivity index (χ1v) is 8.43. The van der Waals surface area contributed by atoms with Crippen molar-refractivity contribution in [1.82, 2.24) is 15.0 Å². The molecule has 4 rings (SSSR count).